The first-order valence-electron chi connectivity index (χ1n) is 12.1. The first kappa shape index (κ1) is 23.4. The largest absolute Gasteiger partial charge is 0.497 e. The predicted molar refractivity (Wildman–Crippen MR) is 145 cm³/mol. The summed E-state index contributed by atoms with van der Waals surface area (Å²) in [6.45, 7) is 7.06. The third-order valence-electron chi connectivity index (χ3n) is 7.00. The highest BCUT2D eigenvalue weighted by atomic mass is 32.2. The molecule has 9 heteroatoms. The smallest absolute Gasteiger partial charge is 0.188 e. The molecule has 0 spiro atoms. The topological polar surface area (TPSA) is 78.1 Å². The summed E-state index contributed by atoms with van der Waals surface area (Å²) in [5.74, 6) is 2.88. The fraction of sp³-hybridized carbons (Fsp3) is 0.370. The summed E-state index contributed by atoms with van der Waals surface area (Å²) in [6.07, 6.45) is 7.01. The lowest BCUT2D eigenvalue weighted by molar-refractivity contribution is 0.218. The van der Waals surface area contributed by atoms with E-state index in [-0.39, 0.29) is 0 Å². The molecular formula is C27H28N6OS2. The number of rotatable bonds is 5. The number of methoxy groups -OCH3 is 1. The second kappa shape index (κ2) is 9.12. The minimum Gasteiger partial charge on any atom is -0.497 e. The van der Waals surface area contributed by atoms with E-state index >= 15 is 0 Å². The van der Waals surface area contributed by atoms with Gasteiger partial charge in [0, 0.05) is 16.6 Å². The quantitative estimate of drug-likeness (QED) is 0.202. The Labute approximate surface area is 218 Å². The van der Waals surface area contributed by atoms with Crippen LogP contribution in [0.25, 0.3) is 27.1 Å². The van der Waals surface area contributed by atoms with E-state index < -0.39 is 0 Å². The summed E-state index contributed by atoms with van der Waals surface area (Å²) in [7, 11) is 1.67. The van der Waals surface area contributed by atoms with Crippen LogP contribution in [-0.2, 0) is 18.6 Å². The van der Waals surface area contributed by atoms with Crippen LogP contribution in [0.3, 0.4) is 0 Å². The van der Waals surface area contributed by atoms with Crippen molar-refractivity contribution in [1.82, 2.24) is 29.5 Å². The van der Waals surface area contributed by atoms with Crippen LogP contribution in [0, 0.1) is 11.3 Å². The van der Waals surface area contributed by atoms with Crippen LogP contribution in [0.2, 0.25) is 0 Å². The third kappa shape index (κ3) is 4.35. The molecular weight excluding hydrogens is 488 g/mol. The molecule has 0 N–H and O–H groups in total. The van der Waals surface area contributed by atoms with Crippen molar-refractivity contribution >= 4 is 39.0 Å². The maximum atomic E-state index is 5.25. The number of thiophene rings is 1. The fourth-order valence-electron chi connectivity index (χ4n) is 4.88. The van der Waals surface area contributed by atoms with Gasteiger partial charge in [-0.15, -0.1) is 16.4 Å². The molecule has 0 saturated carbocycles. The van der Waals surface area contributed by atoms with Crippen LogP contribution in [0.15, 0.2) is 48.0 Å². The highest BCUT2D eigenvalue weighted by molar-refractivity contribution is 7.98. The number of thioether (sulfide) groups is 1. The Morgan fingerprint density at radius 1 is 1.11 bits per heavy atom. The van der Waals surface area contributed by atoms with Crippen molar-refractivity contribution in [3.63, 3.8) is 0 Å². The summed E-state index contributed by atoms with van der Waals surface area (Å²) in [5.41, 5.74) is 4.56. The molecule has 1 aromatic carbocycles. The highest BCUT2D eigenvalue weighted by Crippen LogP contribution is 2.43. The molecule has 0 radical (unpaired) electrons. The Kier molecular flexibility index (Phi) is 5.92. The maximum Gasteiger partial charge on any atom is 0.188 e. The number of hydrogen-bond acceptors (Lipinski definition) is 8. The number of ether oxygens (including phenoxy) is 1. The summed E-state index contributed by atoms with van der Waals surface area (Å²) in [5, 5.41) is 6.60. The number of aromatic nitrogens is 6. The van der Waals surface area contributed by atoms with Crippen molar-refractivity contribution in [3.05, 3.63) is 59.1 Å². The van der Waals surface area contributed by atoms with Crippen molar-refractivity contribution in [3.8, 4) is 17.0 Å². The number of fused-ring (bicyclic) bond motifs is 5. The molecule has 1 atom stereocenters. The van der Waals surface area contributed by atoms with Gasteiger partial charge in [-0.25, -0.2) is 24.5 Å². The number of nitrogens with zero attached hydrogens (tertiary/aromatic N) is 6. The van der Waals surface area contributed by atoms with Gasteiger partial charge in [0.15, 0.2) is 16.6 Å². The average Bonchev–Trinajstić information content (AvgIpc) is 3.47. The molecule has 6 rings (SSSR count). The molecule has 0 saturated heterocycles. The molecule has 4 heterocycles. The number of hydrogen-bond donors (Lipinski definition) is 0. The molecule has 0 aliphatic heterocycles. The lowest BCUT2D eigenvalue weighted by Crippen LogP contribution is -2.26. The van der Waals surface area contributed by atoms with Crippen LogP contribution in [0.5, 0.6) is 5.75 Å². The first-order chi connectivity index (χ1) is 17.4. The van der Waals surface area contributed by atoms with Crippen molar-refractivity contribution in [2.24, 2.45) is 11.3 Å². The lowest BCUT2D eigenvalue weighted by Gasteiger charge is -2.33. The molecule has 5 aromatic rings. The zero-order chi connectivity index (χ0) is 24.9. The Bertz CT molecular complexity index is 1550. The molecule has 1 aliphatic rings. The zero-order valence-electron chi connectivity index (χ0n) is 20.9. The normalized spacial score (nSPS) is 15.9. The van der Waals surface area contributed by atoms with Gasteiger partial charge in [0.05, 0.1) is 23.9 Å². The number of benzene rings is 1. The van der Waals surface area contributed by atoms with E-state index in [9.17, 15) is 0 Å². The van der Waals surface area contributed by atoms with Gasteiger partial charge >= 0.3 is 0 Å². The van der Waals surface area contributed by atoms with Gasteiger partial charge in [0.2, 0.25) is 0 Å². The van der Waals surface area contributed by atoms with Crippen LogP contribution in [0.4, 0.5) is 0 Å². The van der Waals surface area contributed by atoms with Crippen LogP contribution < -0.4 is 4.74 Å². The van der Waals surface area contributed by atoms with Gasteiger partial charge in [-0.1, -0.05) is 32.5 Å². The van der Waals surface area contributed by atoms with Gasteiger partial charge in [0.25, 0.3) is 0 Å². The summed E-state index contributed by atoms with van der Waals surface area (Å²) in [6, 6.07) is 9.80. The summed E-state index contributed by atoms with van der Waals surface area (Å²) >= 11 is 3.37. The van der Waals surface area contributed by atoms with Crippen LogP contribution in [-0.4, -0.2) is 36.7 Å². The van der Waals surface area contributed by atoms with Crippen LogP contribution >= 0.6 is 23.1 Å². The van der Waals surface area contributed by atoms with Gasteiger partial charge in [0.1, 0.15) is 16.9 Å². The maximum absolute atomic E-state index is 5.25. The van der Waals surface area contributed by atoms with E-state index in [2.05, 4.69) is 25.8 Å². The predicted octanol–water partition coefficient (Wildman–Crippen LogP) is 6.25. The van der Waals surface area contributed by atoms with E-state index in [0.717, 1.165) is 46.2 Å². The second-order valence-corrected chi connectivity index (χ2v) is 12.3. The standard InChI is InChI=1S/C27H28N6OS2/c1-27(2,3)17-7-10-19-21(13-17)36-25-23(19)24-31-22(32-33(24)15-29-25)14-35-26-28-12-11-20(30-26)16-5-8-18(34-4)9-6-16/h5-6,8-9,11-12,15,17H,7,10,13-14H2,1-4H3. The monoisotopic (exact) mass is 516 g/mol. The molecule has 0 amide bonds. The van der Waals surface area contributed by atoms with Crippen molar-refractivity contribution in [2.75, 3.05) is 7.11 Å². The van der Waals surface area contributed by atoms with Gasteiger partial charge < -0.3 is 4.74 Å². The minimum atomic E-state index is 0.322. The fourth-order valence-corrected chi connectivity index (χ4v) is 6.82. The van der Waals surface area contributed by atoms with Gasteiger partial charge in [-0.05, 0) is 66.5 Å². The summed E-state index contributed by atoms with van der Waals surface area (Å²) in [4.78, 5) is 21.4. The molecule has 0 bridgehead atoms. The minimum absolute atomic E-state index is 0.322. The molecule has 0 fully saturated rings. The molecule has 7 nitrogen and oxygen atoms in total. The lowest BCUT2D eigenvalue weighted by atomic mass is 9.72. The van der Waals surface area contributed by atoms with Crippen molar-refractivity contribution in [2.45, 2.75) is 50.9 Å². The SMILES string of the molecule is COc1ccc(-c2ccnc(SCc3nc4c5c6c(sc5ncn4n3)CC(C(C)(C)C)CC6)n2)cc1. The molecule has 4 aromatic heterocycles. The Balaban J connectivity index is 1.25. The van der Waals surface area contributed by atoms with Crippen molar-refractivity contribution in [1.29, 1.82) is 0 Å². The summed E-state index contributed by atoms with van der Waals surface area (Å²) < 4.78 is 7.08. The first-order valence-corrected chi connectivity index (χ1v) is 13.9. The molecule has 1 unspecified atom stereocenters. The zero-order valence-corrected chi connectivity index (χ0v) is 22.5. The molecule has 36 heavy (non-hydrogen) atoms. The van der Waals surface area contributed by atoms with Gasteiger partial charge in [-0.3, -0.25) is 0 Å². The Hall–Kier alpha value is -3.04. The van der Waals surface area contributed by atoms with E-state index in [1.807, 2.05) is 46.2 Å². The third-order valence-corrected chi connectivity index (χ3v) is 9.02. The van der Waals surface area contributed by atoms with Crippen molar-refractivity contribution < 1.29 is 4.74 Å². The van der Waals surface area contributed by atoms with E-state index in [1.54, 1.807) is 31.4 Å². The molecule has 184 valence electrons. The molecule has 1 aliphatic carbocycles. The second-order valence-electron chi connectivity index (χ2n) is 10.3. The van der Waals surface area contributed by atoms with E-state index in [1.165, 1.54) is 22.2 Å². The highest BCUT2D eigenvalue weighted by Gasteiger charge is 2.31. The van der Waals surface area contributed by atoms with E-state index in [4.69, 9.17) is 24.8 Å². The Morgan fingerprint density at radius 2 is 1.94 bits per heavy atom. The average molecular weight is 517 g/mol. The van der Waals surface area contributed by atoms with Gasteiger partial charge in [-0.2, -0.15) is 0 Å². The Morgan fingerprint density at radius 3 is 2.72 bits per heavy atom. The van der Waals surface area contributed by atoms with Crippen LogP contribution in [0.1, 0.15) is 43.5 Å². The number of aryl methyl sites for hydroxylation is 1. The van der Waals surface area contributed by atoms with E-state index in [0.29, 0.717) is 22.2 Å².